The summed E-state index contributed by atoms with van der Waals surface area (Å²) in [6.07, 6.45) is 1.30. The minimum absolute atomic E-state index is 0.0774. The van der Waals surface area contributed by atoms with Gasteiger partial charge in [0.25, 0.3) is 0 Å². The topological polar surface area (TPSA) is 29.1 Å². The molecule has 0 aliphatic carbocycles. The molecular formula is C16H12Br2ClNO. The van der Waals surface area contributed by atoms with Gasteiger partial charge in [-0.05, 0) is 47.4 Å². The monoisotopic (exact) mass is 427 g/mol. The van der Waals surface area contributed by atoms with E-state index in [4.69, 9.17) is 11.6 Å². The van der Waals surface area contributed by atoms with Crippen molar-refractivity contribution >= 4 is 55.1 Å². The van der Waals surface area contributed by atoms with Crippen molar-refractivity contribution in [3.63, 3.8) is 0 Å². The first-order valence-corrected chi connectivity index (χ1v) is 8.58. The number of fused-ring (bicyclic) bond motifs is 1. The Hall–Kier alpha value is -0.840. The predicted octanol–water partition coefficient (Wildman–Crippen LogP) is 5.42. The average Bonchev–Trinajstić information content (AvgIpc) is 2.45. The molecule has 0 fully saturated rings. The second-order valence-corrected chi connectivity index (χ2v) is 7.30. The largest absolute Gasteiger partial charge is 0.326 e. The first-order chi connectivity index (χ1) is 10.0. The van der Waals surface area contributed by atoms with Crippen LogP contribution in [0.4, 0.5) is 5.69 Å². The third-order valence-electron chi connectivity index (χ3n) is 3.49. The molecule has 3 rings (SSSR count). The first kappa shape index (κ1) is 15.1. The molecule has 108 valence electrons. The minimum atomic E-state index is -0.221. The smallest absolute Gasteiger partial charge is 0.224 e. The summed E-state index contributed by atoms with van der Waals surface area (Å²) in [7, 11) is 0. The van der Waals surface area contributed by atoms with Crippen LogP contribution in [0.2, 0.25) is 0 Å². The Labute approximate surface area is 145 Å². The molecule has 1 unspecified atom stereocenters. The van der Waals surface area contributed by atoms with Crippen molar-refractivity contribution < 1.29 is 4.79 Å². The van der Waals surface area contributed by atoms with Gasteiger partial charge in [0, 0.05) is 21.1 Å². The zero-order chi connectivity index (χ0) is 15.0. The second kappa shape index (κ2) is 6.11. The number of halogens is 3. The summed E-state index contributed by atoms with van der Waals surface area (Å²) in [6.45, 7) is 0. The van der Waals surface area contributed by atoms with Crippen LogP contribution in [0.25, 0.3) is 0 Å². The molecule has 0 aromatic heterocycles. The van der Waals surface area contributed by atoms with Gasteiger partial charge in [-0.15, -0.1) is 11.6 Å². The van der Waals surface area contributed by atoms with E-state index >= 15 is 0 Å². The number of nitrogens with one attached hydrogen (secondary N) is 1. The number of amides is 1. The highest BCUT2D eigenvalue weighted by molar-refractivity contribution is 9.11. The summed E-state index contributed by atoms with van der Waals surface area (Å²) in [5, 5.41) is 2.67. The normalized spacial score (nSPS) is 15.3. The van der Waals surface area contributed by atoms with Crippen molar-refractivity contribution in [3.8, 4) is 0 Å². The number of carbonyl (C=O) groups excluding carboxylic acids is 1. The van der Waals surface area contributed by atoms with Gasteiger partial charge in [0.05, 0.1) is 5.38 Å². The highest BCUT2D eigenvalue weighted by Gasteiger charge is 2.18. The van der Waals surface area contributed by atoms with Gasteiger partial charge in [0.2, 0.25) is 5.91 Å². The van der Waals surface area contributed by atoms with E-state index in [0.29, 0.717) is 6.42 Å². The molecule has 1 atom stereocenters. The maximum Gasteiger partial charge on any atom is 0.224 e. The number of carbonyl (C=O) groups is 1. The van der Waals surface area contributed by atoms with Crippen molar-refractivity contribution in [2.45, 2.75) is 18.2 Å². The van der Waals surface area contributed by atoms with Crippen LogP contribution in [0.3, 0.4) is 0 Å². The lowest BCUT2D eigenvalue weighted by Gasteiger charge is -2.19. The molecule has 5 heteroatoms. The maximum absolute atomic E-state index is 11.4. The molecule has 1 aliphatic rings. The third-order valence-corrected chi connectivity index (χ3v) is 4.91. The fourth-order valence-electron chi connectivity index (χ4n) is 2.47. The number of alkyl halides is 1. The standard InChI is InChI=1S/C16H12Br2ClNO/c17-12-6-11(7-13(18)8-12)16(19)10-1-3-14-9(5-10)2-4-15(21)20-14/h1,3,5-8,16H,2,4H2,(H,20,21). The predicted molar refractivity (Wildman–Crippen MR) is 92.9 cm³/mol. The van der Waals surface area contributed by atoms with E-state index in [1.54, 1.807) is 0 Å². The summed E-state index contributed by atoms with van der Waals surface area (Å²) in [5.41, 5.74) is 4.11. The molecule has 1 aliphatic heterocycles. The quantitative estimate of drug-likeness (QED) is 0.634. The summed E-state index contributed by atoms with van der Waals surface area (Å²) < 4.78 is 1.98. The van der Waals surface area contributed by atoms with E-state index in [-0.39, 0.29) is 11.3 Å². The van der Waals surface area contributed by atoms with Crippen LogP contribution < -0.4 is 5.32 Å². The zero-order valence-electron chi connectivity index (χ0n) is 11.0. The molecule has 0 radical (unpaired) electrons. The number of benzene rings is 2. The summed E-state index contributed by atoms with van der Waals surface area (Å²) >= 11 is 13.6. The van der Waals surface area contributed by atoms with Crippen LogP contribution >= 0.6 is 43.5 Å². The van der Waals surface area contributed by atoms with Crippen LogP contribution in [0, 0.1) is 0 Å². The fraction of sp³-hybridized carbons (Fsp3) is 0.188. The van der Waals surface area contributed by atoms with Crippen molar-refractivity contribution in [2.24, 2.45) is 0 Å². The van der Waals surface area contributed by atoms with Gasteiger partial charge in [0.15, 0.2) is 0 Å². The lowest BCUT2D eigenvalue weighted by Crippen LogP contribution is -2.19. The lowest BCUT2D eigenvalue weighted by molar-refractivity contribution is -0.116. The number of hydrogen-bond acceptors (Lipinski definition) is 1. The van der Waals surface area contributed by atoms with Crippen LogP contribution in [-0.2, 0) is 11.2 Å². The van der Waals surface area contributed by atoms with E-state index < -0.39 is 0 Å². The molecular weight excluding hydrogens is 417 g/mol. The third kappa shape index (κ3) is 3.33. The van der Waals surface area contributed by atoms with Gasteiger partial charge < -0.3 is 5.32 Å². The molecule has 1 N–H and O–H groups in total. The molecule has 2 nitrogen and oxygen atoms in total. The number of anilines is 1. The molecule has 2 aromatic rings. The number of hydrogen-bond donors (Lipinski definition) is 1. The number of rotatable bonds is 2. The van der Waals surface area contributed by atoms with Crippen molar-refractivity contribution in [1.29, 1.82) is 0 Å². The fourth-order valence-corrected chi connectivity index (χ4v) is 4.07. The molecule has 0 spiro atoms. The van der Waals surface area contributed by atoms with E-state index in [9.17, 15) is 4.79 Å². The SMILES string of the molecule is O=C1CCc2cc(C(Cl)c3cc(Br)cc(Br)c3)ccc2N1. The van der Waals surface area contributed by atoms with E-state index in [0.717, 1.165) is 37.7 Å². The Morgan fingerprint density at radius 1 is 1.00 bits per heavy atom. The van der Waals surface area contributed by atoms with Gasteiger partial charge >= 0.3 is 0 Å². The second-order valence-electron chi connectivity index (χ2n) is 5.03. The molecule has 0 saturated carbocycles. The Balaban J connectivity index is 1.94. The molecule has 1 heterocycles. The Bertz CT molecular complexity index is 697. The van der Waals surface area contributed by atoms with Gasteiger partial charge in [-0.3, -0.25) is 4.79 Å². The minimum Gasteiger partial charge on any atom is -0.326 e. The van der Waals surface area contributed by atoms with Crippen LogP contribution in [0.5, 0.6) is 0 Å². The van der Waals surface area contributed by atoms with E-state index in [2.05, 4.69) is 43.2 Å². The summed E-state index contributed by atoms with van der Waals surface area (Å²) in [4.78, 5) is 11.4. The highest BCUT2D eigenvalue weighted by atomic mass is 79.9. The molecule has 0 saturated heterocycles. The molecule has 0 bridgehead atoms. The van der Waals surface area contributed by atoms with Crippen molar-refractivity contribution in [2.75, 3.05) is 5.32 Å². The maximum atomic E-state index is 11.4. The summed E-state index contributed by atoms with van der Waals surface area (Å²) in [5.74, 6) is 0.0774. The number of aryl methyl sites for hydroxylation is 1. The highest BCUT2D eigenvalue weighted by Crippen LogP contribution is 2.35. The first-order valence-electron chi connectivity index (χ1n) is 6.55. The van der Waals surface area contributed by atoms with Crippen LogP contribution in [0.15, 0.2) is 45.3 Å². The Morgan fingerprint density at radius 3 is 2.43 bits per heavy atom. The van der Waals surface area contributed by atoms with E-state index in [1.165, 1.54) is 0 Å². The van der Waals surface area contributed by atoms with Gasteiger partial charge in [0.1, 0.15) is 0 Å². The lowest BCUT2D eigenvalue weighted by atomic mass is 9.97. The van der Waals surface area contributed by atoms with Crippen LogP contribution in [-0.4, -0.2) is 5.91 Å². The average molecular weight is 430 g/mol. The molecule has 2 aromatic carbocycles. The van der Waals surface area contributed by atoms with Gasteiger partial charge in [-0.2, -0.15) is 0 Å². The van der Waals surface area contributed by atoms with E-state index in [1.807, 2.05) is 30.3 Å². The van der Waals surface area contributed by atoms with Crippen molar-refractivity contribution in [1.82, 2.24) is 0 Å². The van der Waals surface area contributed by atoms with Crippen LogP contribution in [0.1, 0.15) is 28.5 Å². The Morgan fingerprint density at radius 2 is 1.71 bits per heavy atom. The van der Waals surface area contributed by atoms with Gasteiger partial charge in [-0.25, -0.2) is 0 Å². The molecule has 21 heavy (non-hydrogen) atoms. The van der Waals surface area contributed by atoms with Crippen molar-refractivity contribution in [3.05, 3.63) is 62.0 Å². The Kier molecular flexibility index (Phi) is 4.38. The molecule has 1 amide bonds. The zero-order valence-corrected chi connectivity index (χ0v) is 14.9. The summed E-state index contributed by atoms with van der Waals surface area (Å²) in [6, 6.07) is 12.0. The van der Waals surface area contributed by atoms with Gasteiger partial charge in [-0.1, -0.05) is 44.0 Å².